The third-order valence-corrected chi connectivity index (χ3v) is 4.19. The van der Waals surface area contributed by atoms with E-state index in [1.165, 1.54) is 0 Å². The van der Waals surface area contributed by atoms with Crippen LogP contribution in [0.3, 0.4) is 0 Å². The van der Waals surface area contributed by atoms with Crippen molar-refractivity contribution in [3.63, 3.8) is 0 Å². The second kappa shape index (κ2) is 6.88. The molecule has 0 radical (unpaired) electrons. The van der Waals surface area contributed by atoms with Gasteiger partial charge in [-0.05, 0) is 35.8 Å². The first-order chi connectivity index (χ1) is 9.67. The summed E-state index contributed by atoms with van der Waals surface area (Å²) in [5.74, 6) is 2.87. The predicted octanol–water partition coefficient (Wildman–Crippen LogP) is 2.02. The van der Waals surface area contributed by atoms with Gasteiger partial charge < -0.3 is 14.4 Å². The first-order valence-corrected chi connectivity index (χ1v) is 7.40. The molecule has 110 valence electrons. The van der Waals surface area contributed by atoms with Gasteiger partial charge in [-0.15, -0.1) is 0 Å². The molecule has 1 aliphatic rings. The Morgan fingerprint density at radius 2 is 2.05 bits per heavy atom. The number of carbonyl (C=O) groups is 1. The number of benzene rings is 1. The van der Waals surface area contributed by atoms with Crippen molar-refractivity contribution >= 4 is 18.5 Å². The summed E-state index contributed by atoms with van der Waals surface area (Å²) in [5, 5.41) is 0. The van der Waals surface area contributed by atoms with Gasteiger partial charge in [0, 0.05) is 19.5 Å². The lowest BCUT2D eigenvalue weighted by Crippen LogP contribution is -2.27. The lowest BCUT2D eigenvalue weighted by atomic mass is 10.1. The molecule has 1 aromatic rings. The summed E-state index contributed by atoms with van der Waals surface area (Å²) >= 11 is 4.27. The van der Waals surface area contributed by atoms with E-state index in [0.717, 1.165) is 42.3 Å². The van der Waals surface area contributed by atoms with Gasteiger partial charge in [-0.25, -0.2) is 0 Å². The number of hydrogen-bond donors (Lipinski definition) is 1. The molecule has 1 fully saturated rings. The summed E-state index contributed by atoms with van der Waals surface area (Å²) < 4.78 is 10.5. The summed E-state index contributed by atoms with van der Waals surface area (Å²) in [4.78, 5) is 13.8. The van der Waals surface area contributed by atoms with Crippen molar-refractivity contribution in [2.45, 2.75) is 12.8 Å². The zero-order valence-corrected chi connectivity index (χ0v) is 12.9. The van der Waals surface area contributed by atoms with Crippen molar-refractivity contribution in [3.05, 3.63) is 23.8 Å². The fourth-order valence-corrected chi connectivity index (χ4v) is 2.74. The largest absolute Gasteiger partial charge is 0.493 e. The SMILES string of the molecule is COc1ccc(CCN2CC(CS)CC2=O)cc1OC. The molecular weight excluding hydrogens is 274 g/mol. The van der Waals surface area contributed by atoms with Crippen LogP contribution in [0.4, 0.5) is 0 Å². The quantitative estimate of drug-likeness (QED) is 0.816. The number of rotatable bonds is 6. The predicted molar refractivity (Wildman–Crippen MR) is 81.8 cm³/mol. The average Bonchev–Trinajstić information content (AvgIpc) is 2.85. The number of ether oxygens (including phenoxy) is 2. The van der Waals surface area contributed by atoms with E-state index in [2.05, 4.69) is 12.6 Å². The Hall–Kier alpha value is -1.36. The summed E-state index contributed by atoms with van der Waals surface area (Å²) in [6.45, 7) is 1.58. The average molecular weight is 295 g/mol. The molecule has 20 heavy (non-hydrogen) atoms. The summed E-state index contributed by atoms with van der Waals surface area (Å²) in [6.07, 6.45) is 1.46. The van der Waals surface area contributed by atoms with Crippen LogP contribution in [0.2, 0.25) is 0 Å². The Bertz CT molecular complexity index is 478. The van der Waals surface area contributed by atoms with Gasteiger partial charge >= 0.3 is 0 Å². The Labute approximate surface area is 125 Å². The molecule has 1 heterocycles. The maximum Gasteiger partial charge on any atom is 0.222 e. The maximum atomic E-state index is 11.8. The van der Waals surface area contributed by atoms with E-state index in [9.17, 15) is 4.79 Å². The number of hydrogen-bond acceptors (Lipinski definition) is 4. The van der Waals surface area contributed by atoms with Crippen molar-refractivity contribution in [1.82, 2.24) is 4.90 Å². The molecule has 0 aliphatic carbocycles. The minimum atomic E-state index is 0.240. The minimum Gasteiger partial charge on any atom is -0.493 e. The standard InChI is InChI=1S/C15H21NO3S/c1-18-13-4-3-11(7-14(13)19-2)5-6-16-9-12(10-20)8-15(16)17/h3-4,7,12,20H,5-6,8-10H2,1-2H3. The highest BCUT2D eigenvalue weighted by molar-refractivity contribution is 7.80. The highest BCUT2D eigenvalue weighted by Crippen LogP contribution is 2.28. The number of thiol groups is 1. The molecule has 1 aliphatic heterocycles. The first-order valence-electron chi connectivity index (χ1n) is 6.77. The lowest BCUT2D eigenvalue weighted by molar-refractivity contribution is -0.127. The van der Waals surface area contributed by atoms with Crippen LogP contribution >= 0.6 is 12.6 Å². The molecule has 1 aromatic carbocycles. The second-order valence-electron chi connectivity index (χ2n) is 5.03. The van der Waals surface area contributed by atoms with Crippen LogP contribution in [0.15, 0.2) is 18.2 Å². The van der Waals surface area contributed by atoms with Crippen LogP contribution in [-0.4, -0.2) is 43.9 Å². The number of methoxy groups -OCH3 is 2. The fraction of sp³-hybridized carbons (Fsp3) is 0.533. The van der Waals surface area contributed by atoms with Gasteiger partial charge in [0.2, 0.25) is 5.91 Å². The number of nitrogens with zero attached hydrogens (tertiary/aromatic N) is 1. The highest BCUT2D eigenvalue weighted by atomic mass is 32.1. The van der Waals surface area contributed by atoms with Gasteiger partial charge in [0.15, 0.2) is 11.5 Å². The molecule has 2 rings (SSSR count). The van der Waals surface area contributed by atoms with Crippen molar-refractivity contribution in [3.8, 4) is 11.5 Å². The van der Waals surface area contributed by atoms with E-state index in [4.69, 9.17) is 9.47 Å². The van der Waals surface area contributed by atoms with Crippen LogP contribution in [-0.2, 0) is 11.2 Å². The molecule has 0 aromatic heterocycles. The van der Waals surface area contributed by atoms with Gasteiger partial charge in [-0.1, -0.05) is 6.07 Å². The molecule has 1 unspecified atom stereocenters. The van der Waals surface area contributed by atoms with Crippen LogP contribution in [0.5, 0.6) is 11.5 Å². The van der Waals surface area contributed by atoms with E-state index >= 15 is 0 Å². The molecular formula is C15H21NO3S. The zero-order chi connectivity index (χ0) is 14.5. The molecule has 1 saturated heterocycles. The van der Waals surface area contributed by atoms with Gasteiger partial charge in [-0.3, -0.25) is 4.79 Å². The van der Waals surface area contributed by atoms with Crippen molar-refractivity contribution in [2.24, 2.45) is 5.92 Å². The molecule has 0 spiro atoms. The molecule has 0 saturated carbocycles. The minimum absolute atomic E-state index is 0.240. The lowest BCUT2D eigenvalue weighted by Gasteiger charge is -2.17. The Balaban J connectivity index is 1.96. The van der Waals surface area contributed by atoms with Gasteiger partial charge in [0.05, 0.1) is 14.2 Å². The van der Waals surface area contributed by atoms with Crippen LogP contribution in [0.25, 0.3) is 0 Å². The monoisotopic (exact) mass is 295 g/mol. The number of likely N-dealkylation sites (tertiary alicyclic amines) is 1. The van der Waals surface area contributed by atoms with Crippen molar-refractivity contribution in [1.29, 1.82) is 0 Å². The number of carbonyl (C=O) groups excluding carboxylic acids is 1. The Kier molecular flexibility index (Phi) is 5.17. The molecule has 5 heteroatoms. The van der Waals surface area contributed by atoms with E-state index in [-0.39, 0.29) is 5.91 Å². The van der Waals surface area contributed by atoms with E-state index in [1.54, 1.807) is 14.2 Å². The smallest absolute Gasteiger partial charge is 0.222 e. The van der Waals surface area contributed by atoms with Gasteiger partial charge in [0.1, 0.15) is 0 Å². The third-order valence-electron chi connectivity index (χ3n) is 3.67. The van der Waals surface area contributed by atoms with E-state index in [0.29, 0.717) is 12.3 Å². The third kappa shape index (κ3) is 3.39. The normalized spacial score (nSPS) is 18.4. The molecule has 1 amide bonds. The maximum absolute atomic E-state index is 11.8. The summed E-state index contributed by atoms with van der Waals surface area (Å²) in [7, 11) is 3.25. The Morgan fingerprint density at radius 1 is 1.30 bits per heavy atom. The Morgan fingerprint density at radius 3 is 2.65 bits per heavy atom. The highest BCUT2D eigenvalue weighted by Gasteiger charge is 2.27. The van der Waals surface area contributed by atoms with Crippen molar-refractivity contribution < 1.29 is 14.3 Å². The molecule has 0 bridgehead atoms. The van der Waals surface area contributed by atoms with Gasteiger partial charge in [-0.2, -0.15) is 12.6 Å². The molecule has 4 nitrogen and oxygen atoms in total. The van der Waals surface area contributed by atoms with Crippen LogP contribution in [0, 0.1) is 5.92 Å². The first kappa shape index (κ1) is 15.0. The topological polar surface area (TPSA) is 38.8 Å². The zero-order valence-electron chi connectivity index (χ0n) is 12.0. The molecule has 0 N–H and O–H groups in total. The fourth-order valence-electron chi connectivity index (χ4n) is 2.49. The van der Waals surface area contributed by atoms with Crippen molar-refractivity contribution in [2.75, 3.05) is 33.1 Å². The number of amides is 1. The van der Waals surface area contributed by atoms with E-state index in [1.807, 2.05) is 23.1 Å². The van der Waals surface area contributed by atoms with E-state index < -0.39 is 0 Å². The molecule has 1 atom stereocenters. The second-order valence-corrected chi connectivity index (χ2v) is 5.40. The van der Waals surface area contributed by atoms with Crippen LogP contribution < -0.4 is 9.47 Å². The van der Waals surface area contributed by atoms with Gasteiger partial charge in [0.25, 0.3) is 0 Å². The van der Waals surface area contributed by atoms with Crippen LogP contribution in [0.1, 0.15) is 12.0 Å². The summed E-state index contributed by atoms with van der Waals surface area (Å²) in [5.41, 5.74) is 1.14. The summed E-state index contributed by atoms with van der Waals surface area (Å²) in [6, 6.07) is 5.88.